The number of hydrogen-bond donors (Lipinski definition) is 2. The molecule has 3 heteroatoms. The molecule has 0 bridgehead atoms. The fourth-order valence-electron chi connectivity index (χ4n) is 1.21. The van der Waals surface area contributed by atoms with Crippen LogP contribution in [0.4, 0.5) is 0 Å². The molecule has 1 aromatic carbocycles. The number of hydrogen-bond acceptors (Lipinski definition) is 3. The highest BCUT2D eigenvalue weighted by Gasteiger charge is 2.17. The monoisotopic (exact) mass is 239 g/mol. The second-order valence-electron chi connectivity index (χ2n) is 4.50. The molecule has 2 nitrogen and oxygen atoms in total. The summed E-state index contributed by atoms with van der Waals surface area (Å²) in [7, 11) is 0. The van der Waals surface area contributed by atoms with Crippen LogP contribution in [0.15, 0.2) is 29.2 Å². The van der Waals surface area contributed by atoms with E-state index in [0.717, 1.165) is 17.7 Å². The number of benzene rings is 1. The minimum atomic E-state index is -0.579. The smallest absolute Gasteiger partial charge is 0.0710 e. The lowest BCUT2D eigenvalue weighted by Crippen LogP contribution is -2.25. The zero-order valence-corrected chi connectivity index (χ0v) is 11.1. The zero-order chi connectivity index (χ0) is 12.2. The highest BCUT2D eigenvalue weighted by molar-refractivity contribution is 7.99. The largest absolute Gasteiger partial charge is 0.389 e. The molecule has 0 spiro atoms. The molecule has 0 aliphatic heterocycles. The van der Waals surface area contributed by atoms with E-state index in [1.54, 1.807) is 11.8 Å². The van der Waals surface area contributed by atoms with E-state index in [2.05, 4.69) is 12.1 Å². The first-order valence-electron chi connectivity index (χ1n) is 5.65. The Kier molecular flexibility index (Phi) is 4.84. The van der Waals surface area contributed by atoms with Crippen molar-refractivity contribution < 1.29 is 5.11 Å². The third-order valence-corrected chi connectivity index (χ3v) is 4.09. The van der Waals surface area contributed by atoms with Gasteiger partial charge >= 0.3 is 0 Å². The van der Waals surface area contributed by atoms with Gasteiger partial charge in [-0.25, -0.2) is 0 Å². The summed E-state index contributed by atoms with van der Waals surface area (Å²) in [5.41, 5.74) is 6.35. The van der Waals surface area contributed by atoms with Crippen LogP contribution in [0, 0.1) is 0 Å². The molecule has 0 saturated heterocycles. The Morgan fingerprint density at radius 2 is 1.94 bits per heavy atom. The molecule has 16 heavy (non-hydrogen) atoms. The van der Waals surface area contributed by atoms with E-state index in [0.29, 0.717) is 0 Å². The minimum Gasteiger partial charge on any atom is -0.389 e. The van der Waals surface area contributed by atoms with Crippen molar-refractivity contribution in [3.63, 3.8) is 0 Å². The van der Waals surface area contributed by atoms with Crippen molar-refractivity contribution in [2.45, 2.75) is 43.7 Å². The van der Waals surface area contributed by atoms with Gasteiger partial charge in [-0.1, -0.05) is 19.1 Å². The Hall–Kier alpha value is -0.510. The first kappa shape index (κ1) is 13.6. The van der Waals surface area contributed by atoms with Crippen LogP contribution >= 0.6 is 11.8 Å². The molecule has 0 heterocycles. The summed E-state index contributed by atoms with van der Waals surface area (Å²) in [6.45, 7) is 5.85. The van der Waals surface area contributed by atoms with Crippen LogP contribution in [0.2, 0.25) is 0 Å². The molecule has 0 saturated carbocycles. The average Bonchev–Trinajstić information content (AvgIpc) is 2.27. The maximum absolute atomic E-state index is 9.89. The van der Waals surface area contributed by atoms with E-state index in [4.69, 9.17) is 5.73 Å². The topological polar surface area (TPSA) is 46.2 Å². The summed E-state index contributed by atoms with van der Waals surface area (Å²) in [6.07, 6.45) is 0.776. The van der Waals surface area contributed by atoms with Gasteiger partial charge in [0.2, 0.25) is 0 Å². The number of nitrogens with two attached hydrogens (primary N) is 1. The van der Waals surface area contributed by atoms with Gasteiger partial charge in [0.15, 0.2) is 0 Å². The van der Waals surface area contributed by atoms with Crippen molar-refractivity contribution in [3.05, 3.63) is 29.8 Å². The van der Waals surface area contributed by atoms with Gasteiger partial charge in [-0.3, -0.25) is 0 Å². The maximum atomic E-state index is 9.89. The molecular weight excluding hydrogens is 218 g/mol. The van der Waals surface area contributed by atoms with Crippen molar-refractivity contribution in [2.24, 2.45) is 5.73 Å². The van der Waals surface area contributed by atoms with E-state index in [-0.39, 0.29) is 6.04 Å². The molecule has 2 unspecified atom stereocenters. The van der Waals surface area contributed by atoms with Gasteiger partial charge in [0.25, 0.3) is 0 Å². The van der Waals surface area contributed by atoms with E-state index in [9.17, 15) is 5.11 Å². The Labute approximate surface area is 102 Å². The Morgan fingerprint density at radius 3 is 2.38 bits per heavy atom. The molecule has 0 amide bonds. The molecular formula is C13H21NOS. The fourth-order valence-corrected chi connectivity index (χ4v) is 2.22. The first-order valence-corrected chi connectivity index (χ1v) is 6.64. The van der Waals surface area contributed by atoms with Gasteiger partial charge in [-0.15, -0.1) is 11.8 Å². The molecule has 3 N–H and O–H groups in total. The minimum absolute atomic E-state index is 0.0813. The van der Waals surface area contributed by atoms with Crippen LogP contribution in [0.25, 0.3) is 0 Å². The number of thioether (sulfide) groups is 1. The van der Waals surface area contributed by atoms with Crippen LogP contribution in [0.1, 0.15) is 38.8 Å². The molecule has 1 aromatic rings. The summed E-state index contributed by atoms with van der Waals surface area (Å²) in [6, 6.07) is 8.31. The van der Waals surface area contributed by atoms with Crippen molar-refractivity contribution in [3.8, 4) is 0 Å². The summed E-state index contributed by atoms with van der Waals surface area (Å²) in [5.74, 6) is 0.723. The van der Waals surface area contributed by atoms with Crippen LogP contribution in [-0.4, -0.2) is 16.5 Å². The fraction of sp³-hybridized carbons (Fsp3) is 0.538. The van der Waals surface area contributed by atoms with Crippen molar-refractivity contribution >= 4 is 11.8 Å². The second kappa shape index (κ2) is 5.71. The zero-order valence-electron chi connectivity index (χ0n) is 10.2. The SMILES string of the molecule is CCC(C)(O)CSc1ccc(C(C)N)cc1. The maximum Gasteiger partial charge on any atom is 0.0710 e. The van der Waals surface area contributed by atoms with Crippen molar-refractivity contribution in [1.82, 2.24) is 0 Å². The van der Waals surface area contributed by atoms with Gasteiger partial charge in [0.1, 0.15) is 0 Å². The highest BCUT2D eigenvalue weighted by Crippen LogP contribution is 2.25. The Bertz CT molecular complexity index is 319. The molecule has 90 valence electrons. The predicted molar refractivity (Wildman–Crippen MR) is 70.7 cm³/mol. The van der Waals surface area contributed by atoms with Crippen molar-refractivity contribution in [2.75, 3.05) is 5.75 Å². The average molecular weight is 239 g/mol. The summed E-state index contributed by atoms with van der Waals surface area (Å²) >= 11 is 1.68. The lowest BCUT2D eigenvalue weighted by atomic mass is 10.1. The van der Waals surface area contributed by atoms with E-state index in [1.807, 2.05) is 32.9 Å². The van der Waals surface area contributed by atoms with Gasteiger partial charge in [0, 0.05) is 16.7 Å². The predicted octanol–water partition coefficient (Wildman–Crippen LogP) is 2.96. The number of aliphatic hydroxyl groups is 1. The van der Waals surface area contributed by atoms with Crippen LogP contribution in [0.5, 0.6) is 0 Å². The molecule has 0 aliphatic rings. The summed E-state index contributed by atoms with van der Waals surface area (Å²) in [4.78, 5) is 1.18. The van der Waals surface area contributed by atoms with E-state index in [1.165, 1.54) is 4.90 Å². The second-order valence-corrected chi connectivity index (χ2v) is 5.55. The lowest BCUT2D eigenvalue weighted by molar-refractivity contribution is 0.0816. The number of rotatable bonds is 5. The third-order valence-electron chi connectivity index (χ3n) is 2.72. The molecule has 0 aliphatic carbocycles. The van der Waals surface area contributed by atoms with E-state index < -0.39 is 5.60 Å². The van der Waals surface area contributed by atoms with Gasteiger partial charge in [-0.2, -0.15) is 0 Å². The quantitative estimate of drug-likeness (QED) is 0.777. The van der Waals surface area contributed by atoms with Gasteiger partial charge < -0.3 is 10.8 Å². The summed E-state index contributed by atoms with van der Waals surface area (Å²) in [5, 5.41) is 9.89. The van der Waals surface area contributed by atoms with Gasteiger partial charge in [0.05, 0.1) is 5.60 Å². The highest BCUT2D eigenvalue weighted by atomic mass is 32.2. The summed E-state index contributed by atoms with van der Waals surface area (Å²) < 4.78 is 0. The first-order chi connectivity index (χ1) is 7.44. The standard InChI is InChI=1S/C13H21NOS/c1-4-13(3,15)9-16-12-7-5-11(6-8-12)10(2)14/h5-8,10,15H,4,9,14H2,1-3H3. The van der Waals surface area contributed by atoms with Crippen molar-refractivity contribution in [1.29, 1.82) is 0 Å². The molecule has 2 atom stereocenters. The lowest BCUT2D eigenvalue weighted by Gasteiger charge is -2.20. The van der Waals surface area contributed by atoms with Crippen LogP contribution < -0.4 is 5.73 Å². The van der Waals surface area contributed by atoms with Crippen LogP contribution in [-0.2, 0) is 0 Å². The van der Waals surface area contributed by atoms with Gasteiger partial charge in [-0.05, 0) is 38.0 Å². The molecule has 0 fully saturated rings. The van der Waals surface area contributed by atoms with E-state index >= 15 is 0 Å². The van der Waals surface area contributed by atoms with Crippen LogP contribution in [0.3, 0.4) is 0 Å². The molecule has 0 aromatic heterocycles. The molecule has 1 rings (SSSR count). The normalized spacial score (nSPS) is 16.8. The third kappa shape index (κ3) is 4.16. The Balaban J connectivity index is 2.56. The Morgan fingerprint density at radius 1 is 1.38 bits per heavy atom. The molecule has 0 radical (unpaired) electrons.